The third kappa shape index (κ3) is 4.95. The molecule has 0 saturated carbocycles. The van der Waals surface area contributed by atoms with Crippen LogP contribution in [-0.2, 0) is 11.3 Å². The van der Waals surface area contributed by atoms with Crippen LogP contribution in [0.15, 0.2) is 35.1 Å². The summed E-state index contributed by atoms with van der Waals surface area (Å²) in [5.41, 5.74) is 2.31. The van der Waals surface area contributed by atoms with Crippen LogP contribution in [0.5, 0.6) is 5.75 Å². The van der Waals surface area contributed by atoms with Crippen LogP contribution in [0.2, 0.25) is 0 Å². The number of likely N-dealkylation sites (N-methyl/N-ethyl adjacent to an activating group) is 1. The number of amides is 2. The largest absolute Gasteiger partial charge is 0.484 e. The molecule has 7 nitrogen and oxygen atoms in total. The summed E-state index contributed by atoms with van der Waals surface area (Å²) in [6, 6.07) is 8.41. The van der Waals surface area contributed by atoms with Gasteiger partial charge in [-0.2, -0.15) is 0 Å². The summed E-state index contributed by atoms with van der Waals surface area (Å²) >= 11 is 0. The maximum absolute atomic E-state index is 12.4. The summed E-state index contributed by atoms with van der Waals surface area (Å²) in [7, 11) is 3.29. The van der Waals surface area contributed by atoms with Gasteiger partial charge in [-0.05, 0) is 43.7 Å². The fraction of sp³-hybridized carbons (Fsp3) is 0.316. The Morgan fingerprint density at radius 3 is 2.58 bits per heavy atom. The molecule has 0 fully saturated rings. The van der Waals surface area contributed by atoms with E-state index < -0.39 is 0 Å². The van der Waals surface area contributed by atoms with E-state index >= 15 is 0 Å². The predicted molar refractivity (Wildman–Crippen MR) is 98.3 cm³/mol. The minimum absolute atomic E-state index is 0.101. The fourth-order valence-electron chi connectivity index (χ4n) is 2.37. The number of benzene rings is 1. The molecule has 2 rings (SSSR count). The molecule has 0 aliphatic rings. The first-order chi connectivity index (χ1) is 12.3. The summed E-state index contributed by atoms with van der Waals surface area (Å²) < 4.78 is 5.41. The number of pyridine rings is 1. The van der Waals surface area contributed by atoms with Crippen molar-refractivity contribution >= 4 is 11.8 Å². The lowest BCUT2D eigenvalue weighted by molar-refractivity contribution is -0.130. The van der Waals surface area contributed by atoms with Crippen LogP contribution in [0.4, 0.5) is 0 Å². The molecular formula is C19H23N3O4. The molecule has 0 spiro atoms. The van der Waals surface area contributed by atoms with Gasteiger partial charge in [0.25, 0.3) is 17.4 Å². The van der Waals surface area contributed by atoms with Crippen LogP contribution >= 0.6 is 0 Å². The zero-order chi connectivity index (χ0) is 19.3. The van der Waals surface area contributed by atoms with Crippen molar-refractivity contribution in [3.05, 3.63) is 63.1 Å². The Kier molecular flexibility index (Phi) is 6.16. The molecule has 0 aliphatic carbocycles. The number of hydrogen-bond donors (Lipinski definition) is 2. The molecule has 0 atom stereocenters. The fourth-order valence-corrected chi connectivity index (χ4v) is 2.37. The van der Waals surface area contributed by atoms with E-state index in [2.05, 4.69) is 10.3 Å². The Balaban J connectivity index is 2.03. The zero-order valence-electron chi connectivity index (χ0n) is 15.4. The average molecular weight is 357 g/mol. The van der Waals surface area contributed by atoms with Crippen molar-refractivity contribution in [2.45, 2.75) is 20.4 Å². The number of nitrogens with one attached hydrogen (secondary N) is 2. The van der Waals surface area contributed by atoms with Gasteiger partial charge in [-0.15, -0.1) is 0 Å². The van der Waals surface area contributed by atoms with E-state index in [1.54, 1.807) is 38.4 Å². The Morgan fingerprint density at radius 1 is 1.19 bits per heavy atom. The molecular weight excluding hydrogens is 334 g/mol. The number of aromatic amines is 1. The van der Waals surface area contributed by atoms with Gasteiger partial charge >= 0.3 is 0 Å². The van der Waals surface area contributed by atoms with Gasteiger partial charge in [0.1, 0.15) is 5.75 Å². The molecule has 2 aromatic rings. The van der Waals surface area contributed by atoms with Gasteiger partial charge in [0.15, 0.2) is 6.61 Å². The van der Waals surface area contributed by atoms with Gasteiger partial charge in [0.2, 0.25) is 0 Å². The van der Waals surface area contributed by atoms with Crippen LogP contribution in [0.3, 0.4) is 0 Å². The smallest absolute Gasteiger partial charge is 0.259 e. The highest BCUT2D eigenvalue weighted by Crippen LogP contribution is 2.14. The van der Waals surface area contributed by atoms with E-state index in [1.165, 1.54) is 4.90 Å². The second kappa shape index (κ2) is 8.33. The van der Waals surface area contributed by atoms with E-state index in [-0.39, 0.29) is 30.5 Å². The van der Waals surface area contributed by atoms with Crippen LogP contribution in [0.25, 0.3) is 0 Å². The Hall–Kier alpha value is -3.09. The SMILES string of the molecule is Cc1cc(C)c(CNC(=O)c2cccc(OCC(=O)N(C)C)c2)c(=O)[nH]1. The third-order valence-corrected chi connectivity index (χ3v) is 3.88. The minimum Gasteiger partial charge on any atom is -0.484 e. The minimum atomic E-state index is -0.325. The van der Waals surface area contributed by atoms with Gasteiger partial charge < -0.3 is 19.9 Å². The highest BCUT2D eigenvalue weighted by molar-refractivity contribution is 5.94. The molecule has 1 aromatic carbocycles. The number of aryl methyl sites for hydroxylation is 2. The van der Waals surface area contributed by atoms with E-state index in [4.69, 9.17) is 4.74 Å². The second-order valence-corrected chi connectivity index (χ2v) is 6.23. The number of rotatable bonds is 6. The van der Waals surface area contributed by atoms with Gasteiger partial charge in [0.05, 0.1) is 0 Å². The first kappa shape index (κ1) is 19.2. The lowest BCUT2D eigenvalue weighted by Gasteiger charge is -2.12. The van der Waals surface area contributed by atoms with Crippen molar-refractivity contribution in [1.29, 1.82) is 0 Å². The maximum atomic E-state index is 12.4. The van der Waals surface area contributed by atoms with Gasteiger partial charge in [-0.3, -0.25) is 14.4 Å². The molecule has 7 heteroatoms. The molecule has 1 aromatic heterocycles. The Morgan fingerprint density at radius 2 is 1.92 bits per heavy atom. The first-order valence-electron chi connectivity index (χ1n) is 8.18. The maximum Gasteiger partial charge on any atom is 0.259 e. The average Bonchev–Trinajstić information content (AvgIpc) is 2.58. The second-order valence-electron chi connectivity index (χ2n) is 6.23. The molecule has 0 saturated heterocycles. The zero-order valence-corrected chi connectivity index (χ0v) is 15.4. The molecule has 0 bridgehead atoms. The normalized spacial score (nSPS) is 10.3. The van der Waals surface area contributed by atoms with Crippen molar-refractivity contribution in [3.8, 4) is 5.75 Å². The topological polar surface area (TPSA) is 91.5 Å². The van der Waals surface area contributed by atoms with Crippen molar-refractivity contribution in [3.63, 3.8) is 0 Å². The van der Waals surface area contributed by atoms with Gasteiger partial charge in [-0.1, -0.05) is 6.07 Å². The number of hydrogen-bond acceptors (Lipinski definition) is 4. The quantitative estimate of drug-likeness (QED) is 0.817. The predicted octanol–water partition coefficient (Wildman–Crippen LogP) is 1.39. The van der Waals surface area contributed by atoms with Gasteiger partial charge in [0, 0.05) is 37.5 Å². The van der Waals surface area contributed by atoms with Crippen LogP contribution in [0, 0.1) is 13.8 Å². The molecule has 0 unspecified atom stereocenters. The molecule has 2 N–H and O–H groups in total. The number of H-pyrrole nitrogens is 1. The Labute approximate surface area is 152 Å². The lowest BCUT2D eigenvalue weighted by Crippen LogP contribution is -2.28. The third-order valence-electron chi connectivity index (χ3n) is 3.88. The molecule has 0 aliphatic heterocycles. The van der Waals surface area contributed by atoms with Crippen molar-refractivity contribution in [2.75, 3.05) is 20.7 Å². The van der Waals surface area contributed by atoms with Crippen molar-refractivity contribution in [2.24, 2.45) is 0 Å². The molecule has 26 heavy (non-hydrogen) atoms. The van der Waals surface area contributed by atoms with Crippen LogP contribution < -0.4 is 15.6 Å². The number of nitrogens with zero attached hydrogens (tertiary/aromatic N) is 1. The lowest BCUT2D eigenvalue weighted by atomic mass is 10.1. The summed E-state index contributed by atoms with van der Waals surface area (Å²) in [5, 5.41) is 2.74. The van der Waals surface area contributed by atoms with Crippen molar-refractivity contribution in [1.82, 2.24) is 15.2 Å². The summed E-state index contributed by atoms with van der Waals surface area (Å²) in [5.74, 6) is -0.0695. The molecule has 2 amide bonds. The monoisotopic (exact) mass is 357 g/mol. The first-order valence-corrected chi connectivity index (χ1v) is 8.18. The van der Waals surface area contributed by atoms with E-state index in [9.17, 15) is 14.4 Å². The van der Waals surface area contributed by atoms with E-state index in [0.29, 0.717) is 16.9 Å². The van der Waals surface area contributed by atoms with Crippen LogP contribution in [0.1, 0.15) is 27.2 Å². The highest BCUT2D eigenvalue weighted by atomic mass is 16.5. The molecule has 138 valence electrons. The highest BCUT2D eigenvalue weighted by Gasteiger charge is 2.11. The number of carbonyl (C=O) groups is 2. The summed E-state index contributed by atoms with van der Waals surface area (Å²) in [6.07, 6.45) is 0. The van der Waals surface area contributed by atoms with Crippen LogP contribution in [-0.4, -0.2) is 42.4 Å². The number of aromatic nitrogens is 1. The van der Waals surface area contributed by atoms with E-state index in [1.807, 2.05) is 19.9 Å². The number of carbonyl (C=O) groups excluding carboxylic acids is 2. The van der Waals surface area contributed by atoms with Crippen molar-refractivity contribution < 1.29 is 14.3 Å². The summed E-state index contributed by atoms with van der Waals surface area (Å²) in [4.78, 5) is 40.1. The molecule has 1 heterocycles. The Bertz CT molecular complexity index is 871. The van der Waals surface area contributed by atoms with E-state index in [0.717, 1.165) is 11.3 Å². The number of ether oxygens (including phenoxy) is 1. The standard InChI is InChI=1S/C19H23N3O4/c1-12-8-13(2)21-19(25)16(12)10-20-18(24)14-6-5-7-15(9-14)26-11-17(23)22(3)4/h5-9H,10-11H2,1-4H3,(H,20,24)(H,21,25). The molecule has 0 radical (unpaired) electrons. The van der Waals surface area contributed by atoms with Gasteiger partial charge in [-0.25, -0.2) is 0 Å². The summed E-state index contributed by atoms with van der Waals surface area (Å²) in [6.45, 7) is 3.67.